The Labute approximate surface area is 109 Å². The number of nitrogens with one attached hydrogen (secondary N) is 1. The van der Waals surface area contributed by atoms with Gasteiger partial charge in [-0.05, 0) is 25.0 Å². The molecular formula is C13H15N3O3. The number of ether oxygens (including phenoxy) is 1. The van der Waals surface area contributed by atoms with E-state index in [1.165, 1.54) is 11.5 Å². The molecule has 100 valence electrons. The summed E-state index contributed by atoms with van der Waals surface area (Å²) in [5.74, 6) is 0.107. The van der Waals surface area contributed by atoms with Crippen molar-refractivity contribution >= 4 is 11.6 Å². The first-order valence-corrected chi connectivity index (χ1v) is 6.36. The summed E-state index contributed by atoms with van der Waals surface area (Å²) in [4.78, 5) is 30.9. The molecule has 6 nitrogen and oxygen atoms in total. The Morgan fingerprint density at radius 1 is 1.53 bits per heavy atom. The van der Waals surface area contributed by atoms with Crippen LogP contribution in [0.15, 0.2) is 23.1 Å². The summed E-state index contributed by atoms with van der Waals surface area (Å²) >= 11 is 0. The van der Waals surface area contributed by atoms with Crippen molar-refractivity contribution in [2.24, 2.45) is 5.92 Å². The van der Waals surface area contributed by atoms with E-state index in [9.17, 15) is 9.59 Å². The van der Waals surface area contributed by atoms with Gasteiger partial charge in [0.25, 0.3) is 0 Å². The van der Waals surface area contributed by atoms with Crippen LogP contribution in [0.25, 0.3) is 5.65 Å². The van der Waals surface area contributed by atoms with Crippen molar-refractivity contribution in [2.75, 3.05) is 7.11 Å². The molecule has 2 aromatic rings. The number of esters is 1. The molecule has 0 radical (unpaired) electrons. The van der Waals surface area contributed by atoms with E-state index in [-0.39, 0.29) is 23.5 Å². The number of fused-ring (bicyclic) bond motifs is 1. The van der Waals surface area contributed by atoms with Gasteiger partial charge < -0.3 is 4.74 Å². The first kappa shape index (κ1) is 12.0. The molecule has 0 aliphatic heterocycles. The van der Waals surface area contributed by atoms with Crippen LogP contribution >= 0.6 is 0 Å². The fourth-order valence-corrected chi connectivity index (χ4v) is 2.85. The van der Waals surface area contributed by atoms with Gasteiger partial charge in [0.1, 0.15) is 11.5 Å². The SMILES string of the molecule is COC(=O)C1CCCC1c1nc2cccn2c(=O)[nH]1. The Hall–Kier alpha value is -2.11. The first-order chi connectivity index (χ1) is 9.20. The highest BCUT2D eigenvalue weighted by atomic mass is 16.5. The minimum Gasteiger partial charge on any atom is -0.469 e. The zero-order chi connectivity index (χ0) is 13.4. The Balaban J connectivity index is 2.03. The number of aromatic amines is 1. The normalized spacial score (nSPS) is 22.8. The molecule has 1 aliphatic carbocycles. The molecule has 0 bridgehead atoms. The highest BCUT2D eigenvalue weighted by Crippen LogP contribution is 2.38. The Kier molecular flexibility index (Phi) is 2.85. The van der Waals surface area contributed by atoms with Gasteiger partial charge in [-0.25, -0.2) is 9.78 Å². The van der Waals surface area contributed by atoms with Crippen molar-refractivity contribution in [1.29, 1.82) is 0 Å². The Morgan fingerprint density at radius 3 is 3.16 bits per heavy atom. The second-order valence-electron chi connectivity index (χ2n) is 4.83. The molecule has 1 aliphatic rings. The molecule has 0 saturated heterocycles. The van der Waals surface area contributed by atoms with Gasteiger partial charge in [0, 0.05) is 12.1 Å². The van der Waals surface area contributed by atoms with Crippen LogP contribution in [0.5, 0.6) is 0 Å². The third kappa shape index (κ3) is 1.93. The highest BCUT2D eigenvalue weighted by molar-refractivity contribution is 5.73. The molecule has 0 amide bonds. The van der Waals surface area contributed by atoms with E-state index < -0.39 is 0 Å². The molecular weight excluding hydrogens is 246 g/mol. The van der Waals surface area contributed by atoms with Crippen LogP contribution in [0.3, 0.4) is 0 Å². The monoisotopic (exact) mass is 261 g/mol. The summed E-state index contributed by atoms with van der Waals surface area (Å²) in [5, 5.41) is 0. The molecule has 0 spiro atoms. The topological polar surface area (TPSA) is 76.5 Å². The average molecular weight is 261 g/mol. The van der Waals surface area contributed by atoms with Crippen molar-refractivity contribution in [3.63, 3.8) is 0 Å². The minimum atomic E-state index is -0.222. The second kappa shape index (κ2) is 4.53. The van der Waals surface area contributed by atoms with Gasteiger partial charge in [-0.1, -0.05) is 6.42 Å². The molecule has 2 unspecified atom stereocenters. The van der Waals surface area contributed by atoms with Crippen LogP contribution in [0.4, 0.5) is 0 Å². The number of aromatic nitrogens is 3. The van der Waals surface area contributed by atoms with E-state index in [4.69, 9.17) is 4.74 Å². The predicted molar refractivity (Wildman–Crippen MR) is 67.9 cm³/mol. The lowest BCUT2D eigenvalue weighted by Crippen LogP contribution is -2.25. The Morgan fingerprint density at radius 2 is 2.37 bits per heavy atom. The standard InChI is InChI=1S/C13H15N3O3/c1-19-12(17)9-5-2-4-8(9)11-14-10-6-3-7-16(10)13(18)15-11/h3,6-9H,2,4-5H2,1H3,(H,14,15,18). The van der Waals surface area contributed by atoms with E-state index in [1.807, 2.05) is 0 Å². The number of H-pyrrole nitrogens is 1. The smallest absolute Gasteiger partial charge is 0.332 e. The van der Waals surface area contributed by atoms with Crippen LogP contribution in [0.1, 0.15) is 31.0 Å². The number of nitrogens with zero attached hydrogens (tertiary/aromatic N) is 2. The zero-order valence-electron chi connectivity index (χ0n) is 10.6. The van der Waals surface area contributed by atoms with Crippen molar-refractivity contribution in [1.82, 2.24) is 14.4 Å². The van der Waals surface area contributed by atoms with Gasteiger partial charge in [0.15, 0.2) is 0 Å². The molecule has 3 rings (SSSR count). The third-order valence-corrected chi connectivity index (χ3v) is 3.79. The summed E-state index contributed by atoms with van der Waals surface area (Å²) < 4.78 is 6.27. The van der Waals surface area contributed by atoms with Gasteiger partial charge >= 0.3 is 11.7 Å². The van der Waals surface area contributed by atoms with Gasteiger partial charge in [-0.15, -0.1) is 0 Å². The van der Waals surface area contributed by atoms with Gasteiger partial charge in [-0.2, -0.15) is 0 Å². The fraction of sp³-hybridized carbons (Fsp3) is 0.462. The second-order valence-corrected chi connectivity index (χ2v) is 4.83. The summed E-state index contributed by atoms with van der Waals surface area (Å²) in [6.07, 6.45) is 4.24. The number of carbonyl (C=O) groups excluding carboxylic acids is 1. The summed E-state index contributed by atoms with van der Waals surface area (Å²) in [7, 11) is 1.39. The molecule has 1 saturated carbocycles. The number of methoxy groups -OCH3 is 1. The van der Waals surface area contributed by atoms with E-state index in [1.54, 1.807) is 18.3 Å². The lowest BCUT2D eigenvalue weighted by atomic mass is 9.95. The van der Waals surface area contributed by atoms with Gasteiger partial charge in [-0.3, -0.25) is 14.2 Å². The van der Waals surface area contributed by atoms with Crippen LogP contribution in [0.2, 0.25) is 0 Å². The zero-order valence-corrected chi connectivity index (χ0v) is 10.6. The minimum absolute atomic E-state index is 0.0555. The lowest BCUT2D eigenvalue weighted by molar-refractivity contribution is -0.145. The number of hydrogen-bond donors (Lipinski definition) is 1. The van der Waals surface area contributed by atoms with Crippen molar-refractivity contribution in [3.8, 4) is 0 Å². The first-order valence-electron chi connectivity index (χ1n) is 6.36. The summed E-state index contributed by atoms with van der Waals surface area (Å²) in [6, 6.07) is 3.55. The quantitative estimate of drug-likeness (QED) is 0.821. The maximum absolute atomic E-state index is 11.9. The van der Waals surface area contributed by atoms with E-state index in [0.717, 1.165) is 19.3 Å². The van der Waals surface area contributed by atoms with E-state index >= 15 is 0 Å². The molecule has 2 atom stereocenters. The van der Waals surface area contributed by atoms with Gasteiger partial charge in [0.2, 0.25) is 0 Å². The fourth-order valence-electron chi connectivity index (χ4n) is 2.85. The number of rotatable bonds is 2. The molecule has 0 aromatic carbocycles. The maximum Gasteiger partial charge on any atom is 0.332 e. The summed E-state index contributed by atoms with van der Waals surface area (Å²) in [6.45, 7) is 0. The van der Waals surface area contributed by atoms with Crippen LogP contribution in [-0.2, 0) is 9.53 Å². The summed E-state index contributed by atoms with van der Waals surface area (Å²) in [5.41, 5.74) is 0.384. The largest absolute Gasteiger partial charge is 0.469 e. The average Bonchev–Trinajstić information content (AvgIpc) is 3.05. The highest BCUT2D eigenvalue weighted by Gasteiger charge is 2.36. The predicted octanol–water partition coefficient (Wildman–Crippen LogP) is 1.08. The third-order valence-electron chi connectivity index (χ3n) is 3.79. The van der Waals surface area contributed by atoms with E-state index in [0.29, 0.717) is 11.5 Å². The molecule has 2 aromatic heterocycles. The van der Waals surface area contributed by atoms with Crippen molar-refractivity contribution < 1.29 is 9.53 Å². The van der Waals surface area contributed by atoms with Crippen LogP contribution in [-0.4, -0.2) is 27.4 Å². The van der Waals surface area contributed by atoms with Crippen molar-refractivity contribution in [2.45, 2.75) is 25.2 Å². The van der Waals surface area contributed by atoms with Crippen LogP contribution < -0.4 is 5.69 Å². The Bertz CT molecular complexity index is 673. The molecule has 2 heterocycles. The van der Waals surface area contributed by atoms with Crippen molar-refractivity contribution in [3.05, 3.63) is 34.6 Å². The molecule has 1 N–H and O–H groups in total. The van der Waals surface area contributed by atoms with Gasteiger partial charge in [0.05, 0.1) is 13.0 Å². The molecule has 1 fully saturated rings. The number of carbonyl (C=O) groups is 1. The van der Waals surface area contributed by atoms with E-state index in [2.05, 4.69) is 9.97 Å². The number of hydrogen-bond acceptors (Lipinski definition) is 4. The molecule has 6 heteroatoms. The maximum atomic E-state index is 11.9. The molecule has 19 heavy (non-hydrogen) atoms. The lowest BCUT2D eigenvalue weighted by Gasteiger charge is -2.16. The van der Waals surface area contributed by atoms with Crippen LogP contribution in [0, 0.1) is 5.92 Å².